The first kappa shape index (κ1) is 14.8. The van der Waals surface area contributed by atoms with Crippen molar-refractivity contribution in [1.82, 2.24) is 10.2 Å². The largest absolute Gasteiger partial charge is 0.381 e. The predicted molar refractivity (Wildman–Crippen MR) is 76.0 cm³/mol. The molecule has 2 saturated heterocycles. The lowest BCUT2D eigenvalue weighted by molar-refractivity contribution is -0.128. The van der Waals surface area contributed by atoms with Crippen molar-refractivity contribution in [3.8, 4) is 0 Å². The first-order valence-corrected chi connectivity index (χ1v) is 7.56. The van der Waals surface area contributed by atoms with Crippen LogP contribution in [0.5, 0.6) is 0 Å². The van der Waals surface area contributed by atoms with Crippen LogP contribution in [0, 0.1) is 11.8 Å². The van der Waals surface area contributed by atoms with E-state index in [-0.39, 0.29) is 17.4 Å². The molecule has 2 unspecified atom stereocenters. The number of nitrogens with zero attached hydrogens (tertiary/aromatic N) is 1. The molecule has 1 N–H and O–H groups in total. The molecule has 4 heteroatoms. The first-order valence-electron chi connectivity index (χ1n) is 7.56. The second kappa shape index (κ2) is 6.23. The van der Waals surface area contributed by atoms with Gasteiger partial charge in [-0.1, -0.05) is 0 Å². The van der Waals surface area contributed by atoms with Crippen molar-refractivity contribution >= 4 is 5.91 Å². The van der Waals surface area contributed by atoms with Gasteiger partial charge in [0.15, 0.2) is 0 Å². The second-order valence-electron chi connectivity index (χ2n) is 7.07. The highest BCUT2D eigenvalue weighted by Gasteiger charge is 2.29. The molecule has 110 valence electrons. The Hall–Kier alpha value is -0.610. The minimum Gasteiger partial charge on any atom is -0.381 e. The molecule has 2 aliphatic heterocycles. The molecule has 0 aromatic heterocycles. The zero-order valence-electron chi connectivity index (χ0n) is 12.6. The molecular formula is C15H28N2O2. The van der Waals surface area contributed by atoms with E-state index in [0.717, 1.165) is 45.7 Å². The summed E-state index contributed by atoms with van der Waals surface area (Å²) in [6.45, 7) is 11.1. The maximum Gasteiger partial charge on any atom is 0.224 e. The highest BCUT2D eigenvalue weighted by Crippen LogP contribution is 2.21. The average Bonchev–Trinajstić information content (AvgIpc) is 2.80. The lowest BCUT2D eigenvalue weighted by Gasteiger charge is -2.34. The van der Waals surface area contributed by atoms with Gasteiger partial charge in [-0.2, -0.15) is 0 Å². The van der Waals surface area contributed by atoms with Gasteiger partial charge in [0, 0.05) is 25.2 Å². The molecule has 2 atom stereocenters. The molecule has 0 aromatic rings. The fourth-order valence-corrected chi connectivity index (χ4v) is 3.00. The molecule has 1 amide bonds. The molecule has 19 heavy (non-hydrogen) atoms. The summed E-state index contributed by atoms with van der Waals surface area (Å²) in [5, 5.41) is 3.11. The SMILES string of the molecule is CC(C)(C)NC(=O)C1CCCN(CC2CCOC2)C1. The van der Waals surface area contributed by atoms with Crippen molar-refractivity contribution < 1.29 is 9.53 Å². The summed E-state index contributed by atoms with van der Waals surface area (Å²) in [5.74, 6) is 1.06. The van der Waals surface area contributed by atoms with Crippen LogP contribution in [-0.2, 0) is 9.53 Å². The molecule has 2 rings (SSSR count). The van der Waals surface area contributed by atoms with E-state index in [0.29, 0.717) is 5.92 Å². The zero-order valence-corrected chi connectivity index (χ0v) is 12.6. The number of likely N-dealkylation sites (tertiary alicyclic amines) is 1. The van der Waals surface area contributed by atoms with Crippen molar-refractivity contribution in [2.24, 2.45) is 11.8 Å². The Bertz CT molecular complexity index is 306. The zero-order chi connectivity index (χ0) is 13.9. The highest BCUT2D eigenvalue weighted by atomic mass is 16.5. The van der Waals surface area contributed by atoms with Crippen LogP contribution < -0.4 is 5.32 Å². The summed E-state index contributed by atoms with van der Waals surface area (Å²) in [7, 11) is 0. The fourth-order valence-electron chi connectivity index (χ4n) is 3.00. The van der Waals surface area contributed by atoms with Gasteiger partial charge in [-0.15, -0.1) is 0 Å². The van der Waals surface area contributed by atoms with Crippen LogP contribution in [0.4, 0.5) is 0 Å². The third-order valence-corrected chi connectivity index (χ3v) is 3.91. The van der Waals surface area contributed by atoms with E-state index in [1.807, 2.05) is 20.8 Å². The lowest BCUT2D eigenvalue weighted by Crippen LogP contribution is -2.49. The number of ether oxygens (including phenoxy) is 1. The number of rotatable bonds is 3. The summed E-state index contributed by atoms with van der Waals surface area (Å²) >= 11 is 0. The molecule has 0 saturated carbocycles. The summed E-state index contributed by atoms with van der Waals surface area (Å²) in [5.41, 5.74) is -0.126. The molecule has 4 nitrogen and oxygen atoms in total. The van der Waals surface area contributed by atoms with Crippen molar-refractivity contribution in [3.05, 3.63) is 0 Å². The van der Waals surface area contributed by atoms with Gasteiger partial charge in [0.25, 0.3) is 0 Å². The summed E-state index contributed by atoms with van der Waals surface area (Å²) in [4.78, 5) is 14.7. The third-order valence-electron chi connectivity index (χ3n) is 3.91. The molecule has 0 aliphatic carbocycles. The van der Waals surface area contributed by atoms with Crippen molar-refractivity contribution in [1.29, 1.82) is 0 Å². The van der Waals surface area contributed by atoms with Crippen LogP contribution in [0.25, 0.3) is 0 Å². The molecule has 0 spiro atoms. The Kier molecular flexibility index (Phi) is 4.85. The van der Waals surface area contributed by atoms with Crippen LogP contribution in [-0.4, -0.2) is 49.2 Å². The maximum absolute atomic E-state index is 12.2. The lowest BCUT2D eigenvalue weighted by atomic mass is 9.94. The summed E-state index contributed by atoms with van der Waals surface area (Å²) < 4.78 is 5.43. The van der Waals surface area contributed by atoms with E-state index in [9.17, 15) is 4.79 Å². The van der Waals surface area contributed by atoms with Crippen LogP contribution in [0.15, 0.2) is 0 Å². The van der Waals surface area contributed by atoms with Gasteiger partial charge in [0.05, 0.1) is 12.5 Å². The standard InChI is InChI=1S/C15H28N2O2/c1-15(2,3)16-14(18)13-5-4-7-17(10-13)9-12-6-8-19-11-12/h12-13H,4-11H2,1-3H3,(H,16,18). The average molecular weight is 268 g/mol. The highest BCUT2D eigenvalue weighted by molar-refractivity contribution is 5.79. The van der Waals surface area contributed by atoms with Crippen LogP contribution >= 0.6 is 0 Å². The number of carbonyl (C=O) groups excluding carboxylic acids is 1. The normalized spacial score (nSPS) is 29.4. The molecule has 0 bridgehead atoms. The smallest absolute Gasteiger partial charge is 0.224 e. The minimum absolute atomic E-state index is 0.126. The Morgan fingerprint density at radius 2 is 2.16 bits per heavy atom. The first-order chi connectivity index (χ1) is 8.94. The topological polar surface area (TPSA) is 41.6 Å². The number of carbonyl (C=O) groups is 1. The number of nitrogens with one attached hydrogen (secondary N) is 1. The van der Waals surface area contributed by atoms with Gasteiger partial charge in [0.1, 0.15) is 0 Å². The van der Waals surface area contributed by atoms with Crippen molar-refractivity contribution in [3.63, 3.8) is 0 Å². The Morgan fingerprint density at radius 3 is 2.79 bits per heavy atom. The second-order valence-corrected chi connectivity index (χ2v) is 7.07. The van der Waals surface area contributed by atoms with Gasteiger partial charge in [0.2, 0.25) is 5.91 Å². The number of hydrogen-bond acceptors (Lipinski definition) is 3. The van der Waals surface area contributed by atoms with E-state index in [4.69, 9.17) is 4.74 Å². The summed E-state index contributed by atoms with van der Waals surface area (Å²) in [6.07, 6.45) is 3.34. The van der Waals surface area contributed by atoms with E-state index in [2.05, 4.69) is 10.2 Å². The van der Waals surface area contributed by atoms with E-state index < -0.39 is 0 Å². The van der Waals surface area contributed by atoms with E-state index in [1.165, 1.54) is 6.42 Å². The molecule has 2 aliphatic rings. The van der Waals surface area contributed by atoms with Gasteiger partial charge < -0.3 is 15.0 Å². The molecular weight excluding hydrogens is 240 g/mol. The van der Waals surface area contributed by atoms with Gasteiger partial charge >= 0.3 is 0 Å². The minimum atomic E-state index is -0.126. The van der Waals surface area contributed by atoms with Crippen molar-refractivity contribution in [2.45, 2.75) is 45.6 Å². The van der Waals surface area contributed by atoms with E-state index >= 15 is 0 Å². The summed E-state index contributed by atoms with van der Waals surface area (Å²) in [6, 6.07) is 0. The molecule has 2 fully saturated rings. The van der Waals surface area contributed by atoms with Gasteiger partial charge in [-0.05, 0) is 52.5 Å². The van der Waals surface area contributed by atoms with E-state index in [1.54, 1.807) is 0 Å². The Morgan fingerprint density at radius 1 is 1.37 bits per heavy atom. The number of hydrogen-bond donors (Lipinski definition) is 1. The molecule has 2 heterocycles. The van der Waals surface area contributed by atoms with Crippen LogP contribution in [0.2, 0.25) is 0 Å². The van der Waals surface area contributed by atoms with Gasteiger partial charge in [-0.3, -0.25) is 4.79 Å². The Balaban J connectivity index is 1.80. The molecule has 0 aromatic carbocycles. The van der Waals surface area contributed by atoms with Crippen LogP contribution in [0.3, 0.4) is 0 Å². The quantitative estimate of drug-likeness (QED) is 0.846. The van der Waals surface area contributed by atoms with Crippen molar-refractivity contribution in [2.75, 3.05) is 32.8 Å². The van der Waals surface area contributed by atoms with Crippen LogP contribution in [0.1, 0.15) is 40.0 Å². The molecule has 0 radical (unpaired) electrons. The predicted octanol–water partition coefficient (Wildman–Crippen LogP) is 1.65. The third kappa shape index (κ3) is 4.77. The monoisotopic (exact) mass is 268 g/mol. The fraction of sp³-hybridized carbons (Fsp3) is 0.933. The number of amides is 1. The number of piperidine rings is 1. The maximum atomic E-state index is 12.2. The van der Waals surface area contributed by atoms with Gasteiger partial charge in [-0.25, -0.2) is 0 Å². The Labute approximate surface area is 116 Å².